The van der Waals surface area contributed by atoms with Gasteiger partial charge in [0, 0.05) is 54.8 Å². The topological polar surface area (TPSA) is 108 Å². The van der Waals surface area contributed by atoms with E-state index in [1.54, 1.807) is 72.6 Å². The number of amides is 1. The van der Waals surface area contributed by atoms with Gasteiger partial charge in [0.2, 0.25) is 5.91 Å². The maximum Gasteiger partial charge on any atom is 0.269 e. The van der Waals surface area contributed by atoms with Crippen LogP contribution in [0.25, 0.3) is 44.3 Å². The van der Waals surface area contributed by atoms with Crippen LogP contribution in [0.5, 0.6) is 0 Å². The molecule has 1 amide bonds. The molecule has 6 aromatic rings. The van der Waals surface area contributed by atoms with Gasteiger partial charge >= 0.3 is 0 Å². The van der Waals surface area contributed by atoms with Crippen LogP contribution in [0.4, 0.5) is 5.69 Å². The van der Waals surface area contributed by atoms with Gasteiger partial charge in [0.1, 0.15) is 0 Å². The zero-order valence-electron chi connectivity index (χ0n) is 24.0. The van der Waals surface area contributed by atoms with Gasteiger partial charge in [-0.25, -0.2) is 17.4 Å². The molecule has 4 aromatic heterocycles. The van der Waals surface area contributed by atoms with E-state index in [1.807, 2.05) is 36.1 Å². The van der Waals surface area contributed by atoms with Crippen LogP contribution in [0.2, 0.25) is 0 Å². The minimum Gasteiger partial charge on any atom is -0.313 e. The highest BCUT2D eigenvalue weighted by atomic mass is 32.2. The Morgan fingerprint density at radius 2 is 1.65 bits per heavy atom. The number of hydrogen-bond acceptors (Lipinski definition) is 6. The largest absolute Gasteiger partial charge is 0.313 e. The molecular weight excluding hydrogens is 562 g/mol. The number of pyridine rings is 1. The maximum atomic E-state index is 14.7. The third-order valence-electron chi connectivity index (χ3n) is 9.23. The van der Waals surface area contributed by atoms with Gasteiger partial charge in [-0.15, -0.1) is 0 Å². The molecule has 0 bridgehead atoms. The van der Waals surface area contributed by atoms with Crippen LogP contribution in [0.15, 0.2) is 78.2 Å². The van der Waals surface area contributed by atoms with Crippen molar-refractivity contribution in [3.8, 4) is 22.4 Å². The number of carbonyl (C=O) groups excluding carboxylic acids is 1. The molecule has 43 heavy (non-hydrogen) atoms. The lowest BCUT2D eigenvalue weighted by atomic mass is 9.78. The van der Waals surface area contributed by atoms with Crippen LogP contribution < -0.4 is 4.90 Å². The molecule has 2 aliphatic rings. The summed E-state index contributed by atoms with van der Waals surface area (Å²) < 4.78 is 34.1. The molecule has 5 heterocycles. The molecule has 11 heteroatoms. The van der Waals surface area contributed by atoms with Crippen LogP contribution >= 0.6 is 0 Å². The third kappa shape index (κ3) is 3.42. The van der Waals surface area contributed by atoms with Gasteiger partial charge in [0.05, 0.1) is 45.8 Å². The van der Waals surface area contributed by atoms with E-state index in [4.69, 9.17) is 4.98 Å². The molecule has 8 rings (SSSR count). The van der Waals surface area contributed by atoms with Crippen molar-refractivity contribution in [2.45, 2.75) is 36.0 Å². The molecule has 0 atom stereocenters. The predicted molar refractivity (Wildman–Crippen MR) is 164 cm³/mol. The number of hydrogen-bond donors (Lipinski definition) is 0. The summed E-state index contributed by atoms with van der Waals surface area (Å²) >= 11 is 0. The van der Waals surface area contributed by atoms with E-state index in [1.165, 1.54) is 3.97 Å². The smallest absolute Gasteiger partial charge is 0.269 e. The van der Waals surface area contributed by atoms with Crippen LogP contribution in [-0.4, -0.2) is 49.9 Å². The summed E-state index contributed by atoms with van der Waals surface area (Å²) in [5, 5.41) is 10.5. The fourth-order valence-corrected chi connectivity index (χ4v) is 8.78. The van der Waals surface area contributed by atoms with Crippen molar-refractivity contribution >= 4 is 43.6 Å². The van der Waals surface area contributed by atoms with Gasteiger partial charge < -0.3 is 4.90 Å². The van der Waals surface area contributed by atoms with Crippen molar-refractivity contribution in [2.75, 3.05) is 11.9 Å². The van der Waals surface area contributed by atoms with Crippen molar-refractivity contribution in [1.29, 1.82) is 0 Å². The van der Waals surface area contributed by atoms with Gasteiger partial charge in [-0.3, -0.25) is 14.2 Å². The highest BCUT2D eigenvalue weighted by Crippen LogP contribution is 2.56. The van der Waals surface area contributed by atoms with Gasteiger partial charge in [-0.1, -0.05) is 37.1 Å². The second-order valence-corrected chi connectivity index (χ2v) is 13.4. The summed E-state index contributed by atoms with van der Waals surface area (Å²) in [7, 11) is 1.35. The Kier molecular flexibility index (Phi) is 5.34. The SMILES string of the molecule is CN1C(=O)C2(CCCC2)c2c1cnc1c2c(-c2ccc3c(cnn3C)c2)c(-c2cnn(C)c2)n1S(=O)(=O)c1ccccc1. The van der Waals surface area contributed by atoms with Crippen LogP contribution in [-0.2, 0) is 34.3 Å². The minimum atomic E-state index is -4.14. The molecule has 216 valence electrons. The number of nitrogens with zero attached hydrogens (tertiary/aromatic N) is 7. The van der Waals surface area contributed by atoms with Crippen molar-refractivity contribution < 1.29 is 13.2 Å². The van der Waals surface area contributed by atoms with Crippen molar-refractivity contribution in [3.05, 3.63) is 78.9 Å². The lowest BCUT2D eigenvalue weighted by molar-refractivity contribution is -0.122. The second-order valence-electron chi connectivity index (χ2n) is 11.6. The average molecular weight is 592 g/mol. The second kappa shape index (κ2) is 8.87. The number of aromatic nitrogens is 6. The first-order chi connectivity index (χ1) is 20.7. The van der Waals surface area contributed by atoms with E-state index < -0.39 is 15.4 Å². The predicted octanol–water partition coefficient (Wildman–Crippen LogP) is 5.02. The number of benzene rings is 2. The highest BCUT2D eigenvalue weighted by Gasteiger charge is 2.53. The zero-order valence-corrected chi connectivity index (χ0v) is 24.8. The molecule has 1 aliphatic heterocycles. The van der Waals surface area contributed by atoms with Gasteiger partial charge in [-0.2, -0.15) is 10.2 Å². The monoisotopic (exact) mass is 591 g/mol. The average Bonchev–Trinajstić information content (AvgIpc) is 3.83. The summed E-state index contributed by atoms with van der Waals surface area (Å²) in [4.78, 5) is 20.7. The van der Waals surface area contributed by atoms with Crippen LogP contribution in [0.1, 0.15) is 31.2 Å². The van der Waals surface area contributed by atoms with E-state index in [0.29, 0.717) is 40.7 Å². The quantitative estimate of drug-likeness (QED) is 0.285. The van der Waals surface area contributed by atoms with Gasteiger partial charge in [-0.05, 0) is 42.7 Å². The summed E-state index contributed by atoms with van der Waals surface area (Å²) in [5.41, 5.74) is 4.76. The van der Waals surface area contributed by atoms with Gasteiger partial charge in [0.25, 0.3) is 10.0 Å². The Labute approximate surface area is 248 Å². The molecule has 0 unspecified atom stereocenters. The van der Waals surface area contributed by atoms with E-state index in [9.17, 15) is 13.2 Å². The van der Waals surface area contributed by atoms with Crippen molar-refractivity contribution in [1.82, 2.24) is 28.5 Å². The Balaban J connectivity index is 1.60. The van der Waals surface area contributed by atoms with E-state index in [0.717, 1.165) is 40.6 Å². The molecule has 0 saturated heterocycles. The van der Waals surface area contributed by atoms with E-state index in [-0.39, 0.29) is 10.8 Å². The molecule has 2 aromatic carbocycles. The van der Waals surface area contributed by atoms with Crippen LogP contribution in [0.3, 0.4) is 0 Å². The normalized spacial score (nSPS) is 16.3. The number of aryl methyl sites for hydroxylation is 2. The highest BCUT2D eigenvalue weighted by molar-refractivity contribution is 7.90. The van der Waals surface area contributed by atoms with Crippen molar-refractivity contribution in [3.63, 3.8) is 0 Å². The van der Waals surface area contributed by atoms with Gasteiger partial charge in [0.15, 0.2) is 5.65 Å². The minimum absolute atomic E-state index is 0.0459. The molecule has 1 saturated carbocycles. The summed E-state index contributed by atoms with van der Waals surface area (Å²) in [6.07, 6.45) is 10.3. The maximum absolute atomic E-state index is 14.7. The van der Waals surface area contributed by atoms with Crippen molar-refractivity contribution in [2.24, 2.45) is 14.1 Å². The first-order valence-electron chi connectivity index (χ1n) is 14.3. The Morgan fingerprint density at radius 3 is 2.37 bits per heavy atom. The van der Waals surface area contributed by atoms with Crippen LogP contribution in [0, 0.1) is 0 Å². The first-order valence-corrected chi connectivity index (χ1v) is 15.7. The summed E-state index contributed by atoms with van der Waals surface area (Å²) in [5.74, 6) is 0.0459. The summed E-state index contributed by atoms with van der Waals surface area (Å²) in [6.45, 7) is 0. The number of fused-ring (bicyclic) bond motifs is 5. The lowest BCUT2D eigenvalue weighted by Gasteiger charge is -2.22. The fraction of sp³-hybridized carbons (Fsp3) is 0.250. The van der Waals surface area contributed by atoms with E-state index >= 15 is 0 Å². The standard InChI is InChI=1S/C32H29N7O3S/c1-36-19-22(17-34-36)29-26(20-11-12-24-21(15-20)16-35-38(24)3)27-28-25(37(2)31(40)32(28)13-7-8-14-32)18-33-30(27)39(29)43(41,42)23-9-5-4-6-10-23/h4-6,9-12,15-19H,7-8,13-14H2,1-3H3. The molecule has 0 N–H and O–H groups in total. The Morgan fingerprint density at radius 1 is 0.884 bits per heavy atom. The molecule has 1 spiro atoms. The molecule has 10 nitrogen and oxygen atoms in total. The molecule has 1 aliphatic carbocycles. The zero-order chi connectivity index (χ0) is 29.7. The molecule has 1 fully saturated rings. The lowest BCUT2D eigenvalue weighted by Crippen LogP contribution is -2.36. The molecular formula is C32H29N7O3S. The molecule has 0 radical (unpaired) electrons. The first kappa shape index (κ1) is 25.9. The van der Waals surface area contributed by atoms with E-state index in [2.05, 4.69) is 10.2 Å². The fourth-order valence-electron chi connectivity index (χ4n) is 7.26. The number of anilines is 1. The Hall–Kier alpha value is -4.77. The number of rotatable bonds is 4. The summed E-state index contributed by atoms with van der Waals surface area (Å²) in [6, 6.07) is 14.4. The third-order valence-corrected chi connectivity index (χ3v) is 10.9. The Bertz CT molecular complexity index is 2220. The number of likely N-dealkylation sites (N-methyl/N-ethyl adjacent to an activating group) is 1. The number of carbonyl (C=O) groups is 1.